The fraction of sp³-hybridized carbons (Fsp3) is 0.286. The van der Waals surface area contributed by atoms with Crippen LogP contribution in [0.4, 0.5) is 10.5 Å². The molecule has 1 aliphatic rings. The number of nitrogens with zero attached hydrogens (tertiary/aromatic N) is 1. The second-order valence-corrected chi connectivity index (χ2v) is 4.77. The molecule has 1 heterocycles. The molecule has 0 saturated heterocycles. The van der Waals surface area contributed by atoms with Gasteiger partial charge in [0.05, 0.1) is 23.1 Å². The molecule has 1 atom stereocenters. The van der Waals surface area contributed by atoms with Gasteiger partial charge in [0.1, 0.15) is 0 Å². The molecule has 1 unspecified atom stereocenters. The summed E-state index contributed by atoms with van der Waals surface area (Å²) < 4.78 is 4.96. The smallest absolute Gasteiger partial charge is 0.338 e. The van der Waals surface area contributed by atoms with Crippen molar-refractivity contribution in [1.29, 1.82) is 0 Å². The zero-order valence-electron chi connectivity index (χ0n) is 12.4. The topological polar surface area (TPSA) is 134 Å². The Balaban J connectivity index is 2.52. The van der Waals surface area contributed by atoms with Crippen LogP contribution in [-0.4, -0.2) is 23.5 Å². The van der Waals surface area contributed by atoms with Crippen LogP contribution in [0, 0.1) is 10.1 Å². The van der Waals surface area contributed by atoms with E-state index in [1.165, 1.54) is 13.0 Å². The molecule has 9 heteroatoms. The van der Waals surface area contributed by atoms with E-state index in [0.717, 1.165) is 12.1 Å². The van der Waals surface area contributed by atoms with Crippen LogP contribution < -0.4 is 15.7 Å². The zero-order valence-corrected chi connectivity index (χ0v) is 12.4. The maximum absolute atomic E-state index is 12.1. The largest absolute Gasteiger partial charge is 0.868 e. The second-order valence-electron chi connectivity index (χ2n) is 4.77. The van der Waals surface area contributed by atoms with Crippen molar-refractivity contribution in [3.63, 3.8) is 0 Å². The number of rotatable bonds is 4. The van der Waals surface area contributed by atoms with Gasteiger partial charge in [0, 0.05) is 11.8 Å². The second kappa shape index (κ2) is 6.34. The lowest BCUT2D eigenvalue weighted by Crippen LogP contribution is -2.45. The van der Waals surface area contributed by atoms with Crippen molar-refractivity contribution in [2.24, 2.45) is 0 Å². The van der Waals surface area contributed by atoms with E-state index in [-0.39, 0.29) is 23.4 Å². The number of nitrogens with one attached hydrogen (secondary N) is 2. The molecule has 1 aromatic carbocycles. The van der Waals surface area contributed by atoms with Crippen molar-refractivity contribution in [3.05, 3.63) is 45.1 Å². The Hall–Kier alpha value is -3.10. The van der Waals surface area contributed by atoms with Gasteiger partial charge >= 0.3 is 12.0 Å². The Bertz CT molecular complexity index is 712. The third-order valence-electron chi connectivity index (χ3n) is 3.28. The lowest BCUT2D eigenvalue weighted by molar-refractivity contribution is -0.398. The van der Waals surface area contributed by atoms with Crippen LogP contribution in [0.25, 0.3) is 0 Å². The van der Waals surface area contributed by atoms with Crippen LogP contribution in [0.3, 0.4) is 0 Å². The highest BCUT2D eigenvalue weighted by Gasteiger charge is 2.32. The SMILES string of the molecule is CCOC(=O)C1=C(C)NC(=O)NC1c1ccc([O-])c([N+](=O)[O-])c1. The fourth-order valence-electron chi connectivity index (χ4n) is 2.28. The molecule has 0 aliphatic carbocycles. The molecule has 1 aromatic rings. The summed E-state index contributed by atoms with van der Waals surface area (Å²) in [6, 6.07) is 1.90. The molecule has 2 amide bonds. The van der Waals surface area contributed by atoms with Gasteiger partial charge in [-0.2, -0.15) is 0 Å². The van der Waals surface area contributed by atoms with Gasteiger partial charge in [-0.05, 0) is 25.2 Å². The number of esters is 1. The van der Waals surface area contributed by atoms with E-state index in [2.05, 4.69) is 10.6 Å². The van der Waals surface area contributed by atoms with Crippen molar-refractivity contribution >= 4 is 17.7 Å². The standard InChI is InChI=1S/C14H15N3O6/c1-3-23-13(19)11-7(2)15-14(20)16-12(11)8-4-5-10(18)9(6-8)17(21)22/h4-6,12,18H,3H2,1-2H3,(H2,15,16,20)/p-1. The summed E-state index contributed by atoms with van der Waals surface area (Å²) in [5, 5.41) is 27.4. The number of nitro benzene ring substituents is 1. The highest BCUT2D eigenvalue weighted by atomic mass is 16.6. The number of carbonyl (C=O) groups excluding carboxylic acids is 2. The number of hydrogen-bond acceptors (Lipinski definition) is 6. The van der Waals surface area contributed by atoms with Gasteiger partial charge in [-0.25, -0.2) is 9.59 Å². The number of benzene rings is 1. The molecule has 0 aromatic heterocycles. The first-order chi connectivity index (χ1) is 10.8. The molecule has 122 valence electrons. The molecular weight excluding hydrogens is 306 g/mol. The van der Waals surface area contributed by atoms with E-state index in [0.29, 0.717) is 0 Å². The Labute approximate surface area is 131 Å². The van der Waals surface area contributed by atoms with Gasteiger partial charge in [-0.3, -0.25) is 10.1 Å². The first kappa shape index (κ1) is 16.3. The first-order valence-corrected chi connectivity index (χ1v) is 6.76. The molecular formula is C14H14N3O6-. The van der Waals surface area contributed by atoms with E-state index in [1.54, 1.807) is 6.92 Å². The predicted octanol–water partition coefficient (Wildman–Crippen LogP) is 0.859. The summed E-state index contributed by atoms with van der Waals surface area (Å²) in [5.41, 5.74) is 0.0233. The summed E-state index contributed by atoms with van der Waals surface area (Å²) in [5.74, 6) is -1.41. The molecule has 0 saturated carbocycles. The Morgan fingerprint density at radius 1 is 1.43 bits per heavy atom. The Morgan fingerprint density at radius 2 is 2.13 bits per heavy atom. The van der Waals surface area contributed by atoms with Gasteiger partial charge in [0.25, 0.3) is 5.69 Å². The van der Waals surface area contributed by atoms with Crippen LogP contribution in [0.1, 0.15) is 25.5 Å². The molecule has 23 heavy (non-hydrogen) atoms. The lowest BCUT2D eigenvalue weighted by Gasteiger charge is -2.28. The minimum absolute atomic E-state index is 0.124. The van der Waals surface area contributed by atoms with Crippen LogP contribution in [0.5, 0.6) is 5.75 Å². The zero-order chi connectivity index (χ0) is 17.1. The number of urea groups is 1. The van der Waals surface area contributed by atoms with Crippen molar-refractivity contribution in [2.45, 2.75) is 19.9 Å². The minimum Gasteiger partial charge on any atom is -0.868 e. The van der Waals surface area contributed by atoms with E-state index >= 15 is 0 Å². The summed E-state index contributed by atoms with van der Waals surface area (Å²) in [6.07, 6.45) is 0. The molecule has 9 nitrogen and oxygen atoms in total. The predicted molar refractivity (Wildman–Crippen MR) is 76.3 cm³/mol. The highest BCUT2D eigenvalue weighted by molar-refractivity contribution is 5.95. The van der Waals surface area contributed by atoms with Gasteiger partial charge in [0.15, 0.2) is 0 Å². The third-order valence-corrected chi connectivity index (χ3v) is 3.28. The van der Waals surface area contributed by atoms with Crippen LogP contribution in [0.2, 0.25) is 0 Å². The average Bonchev–Trinajstić information content (AvgIpc) is 2.46. The maximum atomic E-state index is 12.1. The van der Waals surface area contributed by atoms with Crippen LogP contribution in [-0.2, 0) is 9.53 Å². The summed E-state index contributed by atoms with van der Waals surface area (Å²) in [7, 11) is 0. The minimum atomic E-state index is -0.943. The number of allylic oxidation sites excluding steroid dienone is 1. The lowest BCUT2D eigenvalue weighted by atomic mass is 9.95. The van der Waals surface area contributed by atoms with Gasteiger partial charge in [-0.15, -0.1) is 0 Å². The maximum Gasteiger partial charge on any atom is 0.338 e. The van der Waals surface area contributed by atoms with Gasteiger partial charge in [0.2, 0.25) is 0 Å². The number of nitro groups is 1. The molecule has 2 N–H and O–H groups in total. The monoisotopic (exact) mass is 320 g/mol. The van der Waals surface area contributed by atoms with Gasteiger partial charge in [-0.1, -0.05) is 12.1 Å². The Kier molecular flexibility index (Phi) is 4.49. The number of hydrogen-bond donors (Lipinski definition) is 2. The van der Waals surface area contributed by atoms with E-state index in [1.807, 2.05) is 0 Å². The van der Waals surface area contributed by atoms with Crippen molar-refractivity contribution in [3.8, 4) is 5.75 Å². The van der Waals surface area contributed by atoms with E-state index in [9.17, 15) is 24.8 Å². The summed E-state index contributed by atoms with van der Waals surface area (Å²) in [6.45, 7) is 3.29. The van der Waals surface area contributed by atoms with Crippen LogP contribution >= 0.6 is 0 Å². The first-order valence-electron chi connectivity index (χ1n) is 6.76. The van der Waals surface area contributed by atoms with Crippen molar-refractivity contribution < 1.29 is 24.4 Å². The highest BCUT2D eigenvalue weighted by Crippen LogP contribution is 2.32. The average molecular weight is 320 g/mol. The number of amides is 2. The van der Waals surface area contributed by atoms with E-state index < -0.39 is 34.4 Å². The molecule has 1 aliphatic heterocycles. The molecule has 2 rings (SSSR count). The van der Waals surface area contributed by atoms with Gasteiger partial charge < -0.3 is 20.5 Å². The molecule has 0 radical (unpaired) electrons. The van der Waals surface area contributed by atoms with E-state index in [4.69, 9.17) is 4.74 Å². The molecule has 0 fully saturated rings. The number of ether oxygens (including phenoxy) is 1. The number of carbonyl (C=O) groups is 2. The third kappa shape index (κ3) is 3.23. The Morgan fingerprint density at radius 3 is 2.74 bits per heavy atom. The summed E-state index contributed by atoms with van der Waals surface area (Å²) >= 11 is 0. The molecule has 0 bridgehead atoms. The molecule has 0 spiro atoms. The summed E-state index contributed by atoms with van der Waals surface area (Å²) in [4.78, 5) is 33.9. The van der Waals surface area contributed by atoms with Crippen LogP contribution in [0.15, 0.2) is 29.5 Å². The van der Waals surface area contributed by atoms with Crippen molar-refractivity contribution in [1.82, 2.24) is 10.6 Å². The quantitative estimate of drug-likeness (QED) is 0.480. The fourth-order valence-corrected chi connectivity index (χ4v) is 2.28. The normalized spacial score (nSPS) is 17.3. The van der Waals surface area contributed by atoms with Crippen molar-refractivity contribution in [2.75, 3.05) is 6.61 Å².